The second-order valence-corrected chi connectivity index (χ2v) is 10.2. The maximum Gasteiger partial charge on any atom is 0.263 e. The van der Waals surface area contributed by atoms with Crippen molar-refractivity contribution in [1.82, 2.24) is 19.7 Å². The highest BCUT2D eigenvalue weighted by Gasteiger charge is 2.24. The zero-order valence-corrected chi connectivity index (χ0v) is 20.8. The number of hydrogen-bond donors (Lipinski definition) is 1. The van der Waals surface area contributed by atoms with Crippen molar-refractivity contribution in [2.45, 2.75) is 32.9 Å². The molecule has 4 rings (SSSR count). The molecule has 0 fully saturated rings. The Kier molecular flexibility index (Phi) is 6.79. The Hall–Kier alpha value is -2.47. The molecule has 11 heteroatoms. The second kappa shape index (κ2) is 9.57. The Morgan fingerprint density at radius 2 is 2.00 bits per heavy atom. The third-order valence-corrected chi connectivity index (χ3v) is 7.29. The summed E-state index contributed by atoms with van der Waals surface area (Å²) < 4.78 is 7.40. The number of halogens is 1. The number of nitrogens with zero attached hydrogens (tertiary/aromatic N) is 4. The van der Waals surface area contributed by atoms with Gasteiger partial charge < -0.3 is 4.74 Å². The van der Waals surface area contributed by atoms with Gasteiger partial charge in [0.15, 0.2) is 0 Å². The van der Waals surface area contributed by atoms with Gasteiger partial charge in [-0.3, -0.25) is 19.5 Å². The fourth-order valence-corrected chi connectivity index (χ4v) is 5.47. The first kappa shape index (κ1) is 22.7. The number of rotatable bonds is 7. The molecule has 1 N–H and O–H groups in total. The first-order valence-corrected chi connectivity index (χ1v) is 12.2. The van der Waals surface area contributed by atoms with E-state index >= 15 is 0 Å². The van der Waals surface area contributed by atoms with Crippen LogP contribution in [0.2, 0.25) is 0 Å². The van der Waals surface area contributed by atoms with Crippen LogP contribution in [0.5, 0.6) is 0 Å². The van der Waals surface area contributed by atoms with E-state index in [-0.39, 0.29) is 11.5 Å². The number of methoxy groups -OCH3 is 1. The van der Waals surface area contributed by atoms with E-state index in [9.17, 15) is 9.59 Å². The van der Waals surface area contributed by atoms with Gasteiger partial charge in [-0.2, -0.15) is 0 Å². The molecule has 3 aromatic heterocycles. The molecule has 166 valence electrons. The van der Waals surface area contributed by atoms with Crippen molar-refractivity contribution in [3.63, 3.8) is 0 Å². The van der Waals surface area contributed by atoms with Gasteiger partial charge in [-0.05, 0) is 31.0 Å². The maximum atomic E-state index is 13.5. The van der Waals surface area contributed by atoms with Gasteiger partial charge in [0, 0.05) is 22.0 Å². The number of carbonyl (C=O) groups is 1. The van der Waals surface area contributed by atoms with E-state index in [2.05, 4.69) is 36.4 Å². The van der Waals surface area contributed by atoms with Gasteiger partial charge in [0.05, 0.1) is 11.7 Å². The monoisotopic (exact) mass is 533 g/mol. The summed E-state index contributed by atoms with van der Waals surface area (Å²) in [5, 5.41) is 12.3. The molecular weight excluding hydrogens is 514 g/mol. The number of amides is 1. The summed E-state index contributed by atoms with van der Waals surface area (Å²) in [6.45, 7) is 4.15. The predicted octanol–water partition coefficient (Wildman–Crippen LogP) is 4.78. The molecule has 0 spiro atoms. The largest absolute Gasteiger partial charge is 0.377 e. The lowest BCUT2D eigenvalue weighted by Crippen LogP contribution is -2.33. The van der Waals surface area contributed by atoms with E-state index in [4.69, 9.17) is 4.74 Å². The highest BCUT2D eigenvalue weighted by molar-refractivity contribution is 9.10. The van der Waals surface area contributed by atoms with Crippen molar-refractivity contribution in [2.75, 3.05) is 12.4 Å². The zero-order valence-electron chi connectivity index (χ0n) is 17.6. The van der Waals surface area contributed by atoms with E-state index in [0.717, 1.165) is 20.5 Å². The molecule has 0 saturated heterocycles. The molecule has 8 nitrogen and oxygen atoms in total. The van der Waals surface area contributed by atoms with E-state index in [1.807, 2.05) is 38.1 Å². The van der Waals surface area contributed by atoms with E-state index < -0.39 is 6.04 Å². The summed E-state index contributed by atoms with van der Waals surface area (Å²) in [5.74, 6) is -0.340. The number of fused-ring (bicyclic) bond motifs is 1. The SMILES string of the molecule is CCC(C(=O)Nc1nnc(COC)s1)n1cnc2sc(C)c(-c3ccc(Br)cc3)c2c1=O. The summed E-state index contributed by atoms with van der Waals surface area (Å²) in [6.07, 6.45) is 1.87. The summed E-state index contributed by atoms with van der Waals surface area (Å²) in [7, 11) is 1.57. The number of nitrogens with one attached hydrogen (secondary N) is 1. The van der Waals surface area contributed by atoms with E-state index in [0.29, 0.717) is 33.4 Å². The maximum absolute atomic E-state index is 13.5. The van der Waals surface area contributed by atoms with Crippen LogP contribution in [0.1, 0.15) is 29.3 Å². The molecule has 0 radical (unpaired) electrons. The number of thiophene rings is 1. The highest BCUT2D eigenvalue weighted by Crippen LogP contribution is 2.36. The van der Waals surface area contributed by atoms with Crippen LogP contribution in [-0.2, 0) is 16.1 Å². The van der Waals surface area contributed by atoms with Crippen molar-refractivity contribution in [1.29, 1.82) is 0 Å². The third kappa shape index (κ3) is 4.38. The minimum Gasteiger partial charge on any atom is -0.377 e. The molecule has 1 atom stereocenters. The first-order chi connectivity index (χ1) is 15.4. The highest BCUT2D eigenvalue weighted by atomic mass is 79.9. The fraction of sp³-hybridized carbons (Fsp3) is 0.286. The van der Waals surface area contributed by atoms with Gasteiger partial charge in [-0.15, -0.1) is 21.5 Å². The minimum absolute atomic E-state index is 0.239. The Morgan fingerprint density at radius 3 is 2.69 bits per heavy atom. The number of ether oxygens (including phenoxy) is 1. The molecule has 1 amide bonds. The van der Waals surface area contributed by atoms with Crippen molar-refractivity contribution in [2.24, 2.45) is 0 Å². The molecule has 1 unspecified atom stereocenters. The second-order valence-electron chi connectivity index (χ2n) is 7.02. The van der Waals surface area contributed by atoms with Gasteiger partial charge in [-0.1, -0.05) is 46.3 Å². The van der Waals surface area contributed by atoms with Gasteiger partial charge in [0.2, 0.25) is 11.0 Å². The van der Waals surface area contributed by atoms with E-state index in [1.165, 1.54) is 33.6 Å². The number of benzene rings is 1. The quantitative estimate of drug-likeness (QED) is 0.366. The topological polar surface area (TPSA) is 99.0 Å². The average molecular weight is 534 g/mol. The van der Waals surface area contributed by atoms with Crippen LogP contribution in [0.15, 0.2) is 39.9 Å². The van der Waals surface area contributed by atoms with Crippen LogP contribution in [0.3, 0.4) is 0 Å². The Morgan fingerprint density at radius 1 is 1.25 bits per heavy atom. The lowest BCUT2D eigenvalue weighted by molar-refractivity contribution is -0.119. The van der Waals surface area contributed by atoms with Crippen molar-refractivity contribution in [3.8, 4) is 11.1 Å². The standard InChI is InChI=1S/C21H20BrN5O3S2/c1-4-14(18(28)24-21-26-25-15(32-21)9-30-3)27-10-23-19-17(20(27)29)16(11(2)31-19)12-5-7-13(22)8-6-12/h5-8,10,14H,4,9H2,1-3H3,(H,24,26,28). The molecule has 0 bridgehead atoms. The van der Waals surface area contributed by atoms with Gasteiger partial charge in [0.25, 0.3) is 5.56 Å². The minimum atomic E-state index is -0.729. The van der Waals surface area contributed by atoms with E-state index in [1.54, 1.807) is 7.11 Å². The van der Waals surface area contributed by atoms with Gasteiger partial charge in [0.1, 0.15) is 22.5 Å². The molecule has 0 aliphatic carbocycles. The van der Waals surface area contributed by atoms with Crippen LogP contribution >= 0.6 is 38.6 Å². The van der Waals surface area contributed by atoms with Crippen LogP contribution in [0, 0.1) is 6.92 Å². The Balaban J connectivity index is 1.73. The summed E-state index contributed by atoms with van der Waals surface area (Å²) in [6, 6.07) is 7.08. The van der Waals surface area contributed by atoms with Crippen molar-refractivity contribution >= 4 is 59.9 Å². The lowest BCUT2D eigenvalue weighted by Gasteiger charge is -2.16. The van der Waals surface area contributed by atoms with Crippen LogP contribution in [0.4, 0.5) is 5.13 Å². The fourth-order valence-electron chi connectivity index (χ4n) is 3.48. The van der Waals surface area contributed by atoms with Crippen LogP contribution < -0.4 is 10.9 Å². The number of anilines is 1. The molecule has 32 heavy (non-hydrogen) atoms. The van der Waals surface area contributed by atoms with Crippen molar-refractivity contribution < 1.29 is 9.53 Å². The van der Waals surface area contributed by atoms with Crippen LogP contribution in [-0.4, -0.2) is 32.8 Å². The molecular formula is C21H20BrN5O3S2. The molecule has 4 aromatic rings. The molecule has 1 aromatic carbocycles. The summed E-state index contributed by atoms with van der Waals surface area (Å²) in [4.78, 5) is 32.7. The van der Waals surface area contributed by atoms with Gasteiger partial charge in [-0.25, -0.2) is 4.98 Å². The summed E-state index contributed by atoms with van der Waals surface area (Å²) in [5.41, 5.74) is 1.55. The number of aromatic nitrogens is 4. The third-order valence-electron chi connectivity index (χ3n) is 4.94. The Bertz CT molecular complexity index is 1330. The predicted molar refractivity (Wildman–Crippen MR) is 130 cm³/mol. The molecule has 0 saturated carbocycles. The number of hydrogen-bond acceptors (Lipinski definition) is 8. The smallest absolute Gasteiger partial charge is 0.263 e. The Labute approximate surface area is 200 Å². The normalized spacial score (nSPS) is 12.2. The number of aryl methyl sites for hydroxylation is 1. The van der Waals surface area contributed by atoms with Crippen LogP contribution in [0.25, 0.3) is 21.3 Å². The lowest BCUT2D eigenvalue weighted by atomic mass is 10.0. The summed E-state index contributed by atoms with van der Waals surface area (Å²) >= 11 is 6.16. The molecule has 3 heterocycles. The molecule has 0 aliphatic heterocycles. The molecule has 0 aliphatic rings. The first-order valence-electron chi connectivity index (χ1n) is 9.81. The average Bonchev–Trinajstić information content (AvgIpc) is 3.35. The zero-order chi connectivity index (χ0) is 22.8. The van der Waals surface area contributed by atoms with Gasteiger partial charge >= 0.3 is 0 Å². The number of carbonyl (C=O) groups excluding carboxylic acids is 1. The van der Waals surface area contributed by atoms with Crippen molar-refractivity contribution in [3.05, 3.63) is 55.3 Å².